The van der Waals surface area contributed by atoms with Crippen molar-refractivity contribution in [2.75, 3.05) is 0 Å². The lowest BCUT2D eigenvalue weighted by Gasteiger charge is -1.90. The van der Waals surface area contributed by atoms with E-state index in [1.165, 1.54) is 0 Å². The summed E-state index contributed by atoms with van der Waals surface area (Å²) in [6.45, 7) is -0.158. The summed E-state index contributed by atoms with van der Waals surface area (Å²) in [5.41, 5.74) is 1.71. The van der Waals surface area contributed by atoms with Gasteiger partial charge in [-0.3, -0.25) is 0 Å². The topological polar surface area (TPSA) is 9.23 Å². The molecule has 0 amide bonds. The molecule has 0 N–H and O–H groups in total. The van der Waals surface area contributed by atoms with Gasteiger partial charge in [0.2, 0.25) is 0 Å². The molecule has 1 heteroatoms. The zero-order valence-corrected chi connectivity index (χ0v) is 4.92. The predicted octanol–water partition coefficient (Wildman–Crippen LogP) is 1.72. The molecule has 0 fully saturated rings. The minimum atomic E-state index is -0.640. The van der Waals surface area contributed by atoms with Crippen LogP contribution in [0.3, 0.4) is 0 Å². The van der Waals surface area contributed by atoms with E-state index in [2.05, 4.69) is 0 Å². The van der Waals surface area contributed by atoms with Gasteiger partial charge >= 0.3 is 0 Å². The van der Waals surface area contributed by atoms with Crippen molar-refractivity contribution in [2.24, 2.45) is 0 Å². The molecule has 1 aromatic carbocycles. The van der Waals surface area contributed by atoms with Crippen LogP contribution in [0, 0.1) is 0 Å². The van der Waals surface area contributed by atoms with E-state index >= 15 is 0 Å². The summed E-state index contributed by atoms with van der Waals surface area (Å²) in [6, 6.07) is 5.83. The summed E-state index contributed by atoms with van der Waals surface area (Å²) in [5.74, 6) is 0. The molecule has 0 aliphatic carbocycles. The van der Waals surface area contributed by atoms with Gasteiger partial charge < -0.3 is 4.74 Å². The van der Waals surface area contributed by atoms with Crippen molar-refractivity contribution in [3.63, 3.8) is 0 Å². The van der Waals surface area contributed by atoms with Gasteiger partial charge in [0.25, 0.3) is 0 Å². The Labute approximate surface area is 57.1 Å². The van der Waals surface area contributed by atoms with Gasteiger partial charge in [-0.2, -0.15) is 0 Å². The van der Waals surface area contributed by atoms with Crippen LogP contribution in [0.25, 0.3) is 0 Å². The Morgan fingerprint density at radius 3 is 3.44 bits per heavy atom. The van der Waals surface area contributed by atoms with Crippen molar-refractivity contribution in [3.8, 4) is 0 Å². The SMILES string of the molecule is [2H]c1cccc2c1C([2H])OC2. The second-order valence-corrected chi connectivity index (χ2v) is 2.04. The van der Waals surface area contributed by atoms with Gasteiger partial charge in [0, 0.05) is 0 Å². The fourth-order valence-electron chi connectivity index (χ4n) is 0.935. The van der Waals surface area contributed by atoms with Gasteiger partial charge in [0.05, 0.1) is 15.9 Å². The molecular weight excluding hydrogens is 112 g/mol. The van der Waals surface area contributed by atoms with E-state index in [9.17, 15) is 0 Å². The van der Waals surface area contributed by atoms with Crippen molar-refractivity contribution >= 4 is 0 Å². The Kier molecular flexibility index (Phi) is 0.693. The number of hydrogen-bond acceptors (Lipinski definition) is 1. The van der Waals surface area contributed by atoms with E-state index < -0.39 is 6.58 Å². The summed E-state index contributed by atoms with van der Waals surface area (Å²) >= 11 is 0. The fourth-order valence-corrected chi connectivity index (χ4v) is 0.935. The molecular formula is C8H8O. The first-order valence-electron chi connectivity index (χ1n) is 3.99. The maximum atomic E-state index is 7.48. The van der Waals surface area contributed by atoms with Crippen molar-refractivity contribution in [1.29, 1.82) is 0 Å². The minimum absolute atomic E-state index is 0.417. The van der Waals surface area contributed by atoms with E-state index in [0.717, 1.165) is 11.1 Å². The molecule has 1 aliphatic heterocycles. The van der Waals surface area contributed by atoms with Gasteiger partial charge in [-0.15, -0.1) is 0 Å². The van der Waals surface area contributed by atoms with Gasteiger partial charge in [-0.1, -0.05) is 24.2 Å². The Balaban J connectivity index is 2.58. The molecule has 9 heavy (non-hydrogen) atoms. The highest BCUT2D eigenvalue weighted by molar-refractivity contribution is 5.27. The van der Waals surface area contributed by atoms with Crippen LogP contribution in [0.15, 0.2) is 24.2 Å². The fraction of sp³-hybridized carbons (Fsp3) is 0.250. The highest BCUT2D eigenvalue weighted by atomic mass is 16.5. The lowest BCUT2D eigenvalue weighted by atomic mass is 10.1. The highest BCUT2D eigenvalue weighted by Gasteiger charge is 2.07. The first-order valence-corrected chi connectivity index (χ1v) is 2.91. The monoisotopic (exact) mass is 122 g/mol. The summed E-state index contributed by atoms with van der Waals surface area (Å²) in [5, 5.41) is 0. The smallest absolute Gasteiger partial charge is 0.0724 e. The zero-order chi connectivity index (χ0) is 7.84. The van der Waals surface area contributed by atoms with E-state index in [0.29, 0.717) is 12.6 Å². The highest BCUT2D eigenvalue weighted by Crippen LogP contribution is 2.17. The van der Waals surface area contributed by atoms with E-state index in [1.807, 2.05) is 12.1 Å². The quantitative estimate of drug-likeness (QED) is 0.509. The third-order valence-electron chi connectivity index (χ3n) is 1.42. The van der Waals surface area contributed by atoms with Gasteiger partial charge in [0.15, 0.2) is 0 Å². The van der Waals surface area contributed by atoms with E-state index in [1.54, 1.807) is 6.07 Å². The van der Waals surface area contributed by atoms with Gasteiger partial charge in [0.1, 0.15) is 0 Å². The maximum Gasteiger partial charge on any atom is 0.0724 e. The van der Waals surface area contributed by atoms with Crippen LogP contribution in [0.1, 0.15) is 13.9 Å². The lowest BCUT2D eigenvalue weighted by Crippen LogP contribution is -1.77. The standard InChI is InChI=1S/C8H8O/c1-2-4-8-6-9-5-7(8)3-1/h1-4H,5-6H2/i3D,5D. The molecule has 1 heterocycles. The molecule has 1 aliphatic rings. The first kappa shape index (κ1) is 3.37. The summed E-state index contributed by atoms with van der Waals surface area (Å²) in [4.78, 5) is 0. The van der Waals surface area contributed by atoms with Crippen molar-refractivity contribution < 1.29 is 7.48 Å². The maximum absolute atomic E-state index is 7.48. The Hall–Kier alpha value is -0.820. The zero-order valence-electron chi connectivity index (χ0n) is 6.92. The summed E-state index contributed by atoms with van der Waals surface area (Å²) < 4.78 is 19.9. The summed E-state index contributed by atoms with van der Waals surface area (Å²) in [6.07, 6.45) is 0. The van der Waals surface area contributed by atoms with Crippen LogP contribution in [0.5, 0.6) is 0 Å². The number of fused-ring (bicyclic) bond motifs is 1. The Morgan fingerprint density at radius 2 is 2.56 bits per heavy atom. The largest absolute Gasteiger partial charge is 0.372 e. The molecule has 0 bridgehead atoms. The van der Waals surface area contributed by atoms with E-state index in [4.69, 9.17) is 7.48 Å². The molecule has 0 saturated heterocycles. The molecule has 0 radical (unpaired) electrons. The van der Waals surface area contributed by atoms with Crippen molar-refractivity contribution in [1.82, 2.24) is 0 Å². The average Bonchev–Trinajstić information content (AvgIpc) is 2.34. The van der Waals surface area contributed by atoms with Crippen molar-refractivity contribution in [3.05, 3.63) is 35.4 Å². The molecule has 2 rings (SSSR count). The third kappa shape index (κ3) is 0.736. The number of ether oxygens (including phenoxy) is 1. The van der Waals surface area contributed by atoms with Crippen LogP contribution in [0.4, 0.5) is 0 Å². The lowest BCUT2D eigenvalue weighted by molar-refractivity contribution is 0.134. The molecule has 1 aromatic rings. The third-order valence-corrected chi connectivity index (χ3v) is 1.42. The minimum Gasteiger partial charge on any atom is -0.372 e. The first-order chi connectivity index (χ1) is 5.29. The Bertz CT molecular complexity index is 285. The molecule has 1 atom stereocenters. The van der Waals surface area contributed by atoms with Crippen LogP contribution < -0.4 is 0 Å². The Morgan fingerprint density at radius 1 is 1.56 bits per heavy atom. The van der Waals surface area contributed by atoms with Gasteiger partial charge in [-0.25, -0.2) is 0 Å². The van der Waals surface area contributed by atoms with Crippen LogP contribution in [0.2, 0.25) is 0 Å². The second-order valence-electron chi connectivity index (χ2n) is 2.04. The molecule has 0 aromatic heterocycles. The number of hydrogen-bond donors (Lipinski definition) is 0. The molecule has 0 saturated carbocycles. The normalized spacial score (nSPS) is 26.9. The predicted molar refractivity (Wildman–Crippen MR) is 34.9 cm³/mol. The molecule has 46 valence electrons. The molecule has 1 unspecified atom stereocenters. The molecule has 1 nitrogen and oxygen atoms in total. The van der Waals surface area contributed by atoms with E-state index in [-0.39, 0.29) is 0 Å². The molecule has 0 spiro atoms. The second kappa shape index (κ2) is 1.85. The van der Waals surface area contributed by atoms with Crippen molar-refractivity contribution in [2.45, 2.75) is 13.2 Å². The van der Waals surface area contributed by atoms with Crippen LogP contribution >= 0.6 is 0 Å². The average molecular weight is 122 g/mol. The van der Waals surface area contributed by atoms with Crippen LogP contribution in [-0.4, -0.2) is 0 Å². The van der Waals surface area contributed by atoms with Gasteiger partial charge in [-0.05, 0) is 11.1 Å². The number of rotatable bonds is 0. The summed E-state index contributed by atoms with van der Waals surface area (Å²) in [7, 11) is 0. The number of benzene rings is 1. The van der Waals surface area contributed by atoms with Crippen LogP contribution in [-0.2, 0) is 17.9 Å².